The number of allylic oxidation sites excluding steroid dienone is 2. The van der Waals surface area contributed by atoms with E-state index in [0.717, 1.165) is 11.1 Å². The molecule has 0 unspecified atom stereocenters. The van der Waals surface area contributed by atoms with E-state index >= 15 is 0 Å². The van der Waals surface area contributed by atoms with Crippen molar-refractivity contribution in [3.05, 3.63) is 53.3 Å². The van der Waals surface area contributed by atoms with Crippen LogP contribution in [-0.4, -0.2) is 22.2 Å². The van der Waals surface area contributed by atoms with Gasteiger partial charge in [0.25, 0.3) is 0 Å². The van der Waals surface area contributed by atoms with Crippen molar-refractivity contribution in [1.29, 1.82) is 0 Å². The molecule has 0 aliphatic carbocycles. The Morgan fingerprint density at radius 1 is 0.773 bits per heavy atom. The Morgan fingerprint density at radius 3 is 1.36 bits per heavy atom. The lowest BCUT2D eigenvalue weighted by Crippen LogP contribution is -2.02. The van der Waals surface area contributed by atoms with Crippen molar-refractivity contribution < 1.29 is 19.8 Å². The van der Waals surface area contributed by atoms with E-state index in [0.29, 0.717) is 21.8 Å². The lowest BCUT2D eigenvalue weighted by molar-refractivity contribution is -0.132. The molecule has 0 amide bonds. The van der Waals surface area contributed by atoms with Crippen LogP contribution in [0.5, 0.6) is 0 Å². The Hall–Kier alpha value is -0.440. The molecule has 2 N–H and O–H groups in total. The van der Waals surface area contributed by atoms with E-state index in [1.54, 1.807) is 0 Å². The second-order valence-electron chi connectivity index (χ2n) is 4.17. The number of aliphatic carboxylic acids is 2. The lowest BCUT2D eigenvalue weighted by atomic mass is 10.0. The minimum atomic E-state index is -1.06. The first kappa shape index (κ1) is 19.6. The molecule has 0 atom stereocenters. The standard InChI is InChI=1S/C14H10Br4O4/c15-9(11(17)13(19)20)5-7-3-1-2-4-8(7)6-10(16)12(18)14(21)22/h1-4H,5-6H2,(H,19,20)(H,21,22). The van der Waals surface area contributed by atoms with Gasteiger partial charge < -0.3 is 10.2 Å². The molecule has 0 radical (unpaired) electrons. The molecule has 8 heteroatoms. The third-order valence-corrected chi connectivity index (χ3v) is 6.72. The molecule has 0 aromatic heterocycles. The summed E-state index contributed by atoms with van der Waals surface area (Å²) < 4.78 is 1.13. The summed E-state index contributed by atoms with van der Waals surface area (Å²) in [6, 6.07) is 7.43. The van der Waals surface area contributed by atoms with Crippen molar-refractivity contribution >= 4 is 75.7 Å². The zero-order chi connectivity index (χ0) is 16.9. The van der Waals surface area contributed by atoms with E-state index in [-0.39, 0.29) is 8.96 Å². The van der Waals surface area contributed by atoms with Crippen LogP contribution in [0.2, 0.25) is 0 Å². The minimum absolute atomic E-state index is 0.0589. The topological polar surface area (TPSA) is 74.6 Å². The molecule has 0 aliphatic rings. The highest BCUT2D eigenvalue weighted by atomic mass is 79.9. The maximum atomic E-state index is 10.9. The molecule has 0 bridgehead atoms. The lowest BCUT2D eigenvalue weighted by Gasteiger charge is -2.10. The summed E-state index contributed by atoms with van der Waals surface area (Å²) in [5.41, 5.74) is 1.80. The predicted molar refractivity (Wildman–Crippen MR) is 98.9 cm³/mol. The van der Waals surface area contributed by atoms with Crippen LogP contribution in [-0.2, 0) is 22.4 Å². The van der Waals surface area contributed by atoms with Crippen LogP contribution in [0.25, 0.3) is 0 Å². The maximum Gasteiger partial charge on any atom is 0.343 e. The molecular weight excluding hydrogens is 552 g/mol. The van der Waals surface area contributed by atoms with Crippen LogP contribution in [0.1, 0.15) is 11.1 Å². The quantitative estimate of drug-likeness (QED) is 0.483. The first-order chi connectivity index (χ1) is 10.2. The fraction of sp³-hybridized carbons (Fsp3) is 0.143. The van der Waals surface area contributed by atoms with Gasteiger partial charge in [-0.2, -0.15) is 0 Å². The number of carboxylic acid groups (broad SMARTS) is 2. The fourth-order valence-corrected chi connectivity index (χ4v) is 2.85. The predicted octanol–water partition coefficient (Wildman–Crippen LogP) is 4.94. The van der Waals surface area contributed by atoms with Crippen LogP contribution < -0.4 is 0 Å². The smallest absolute Gasteiger partial charge is 0.343 e. The van der Waals surface area contributed by atoms with E-state index in [4.69, 9.17) is 10.2 Å². The SMILES string of the molecule is O=C(O)C(Br)=C(Br)Cc1ccccc1CC(Br)=C(Br)C(=O)O. The molecule has 22 heavy (non-hydrogen) atoms. The van der Waals surface area contributed by atoms with Crippen LogP contribution >= 0.6 is 63.7 Å². The van der Waals surface area contributed by atoms with E-state index in [1.165, 1.54) is 0 Å². The normalized spacial score (nSPS) is 13.3. The minimum Gasteiger partial charge on any atom is -0.477 e. The van der Waals surface area contributed by atoms with Crippen molar-refractivity contribution in [2.75, 3.05) is 0 Å². The van der Waals surface area contributed by atoms with Gasteiger partial charge in [0, 0.05) is 21.8 Å². The maximum absolute atomic E-state index is 10.9. The molecule has 0 saturated heterocycles. The Kier molecular flexibility index (Phi) is 8.02. The van der Waals surface area contributed by atoms with Gasteiger partial charge in [0.15, 0.2) is 0 Å². The Bertz CT molecular complexity index is 608. The number of hydrogen-bond donors (Lipinski definition) is 2. The molecule has 4 nitrogen and oxygen atoms in total. The van der Waals surface area contributed by atoms with Gasteiger partial charge in [0.2, 0.25) is 0 Å². The van der Waals surface area contributed by atoms with Crippen LogP contribution in [0.15, 0.2) is 42.2 Å². The molecule has 0 heterocycles. The van der Waals surface area contributed by atoms with Gasteiger partial charge in [0.05, 0.1) is 0 Å². The number of halogens is 4. The fourth-order valence-electron chi connectivity index (χ4n) is 1.62. The highest BCUT2D eigenvalue weighted by molar-refractivity contribution is 9.14. The average Bonchev–Trinajstić information content (AvgIpc) is 2.47. The van der Waals surface area contributed by atoms with Crippen molar-refractivity contribution in [3.63, 3.8) is 0 Å². The Morgan fingerprint density at radius 2 is 1.09 bits per heavy atom. The number of rotatable bonds is 6. The summed E-state index contributed by atoms with van der Waals surface area (Å²) in [4.78, 5) is 21.9. The molecule has 0 aliphatic heterocycles. The number of hydrogen-bond acceptors (Lipinski definition) is 2. The molecule has 0 spiro atoms. The second kappa shape index (κ2) is 9.00. The molecule has 0 saturated carbocycles. The third kappa shape index (κ3) is 5.64. The van der Waals surface area contributed by atoms with Crippen LogP contribution in [0.3, 0.4) is 0 Å². The summed E-state index contributed by atoms with van der Waals surface area (Å²) in [5.74, 6) is -2.11. The van der Waals surface area contributed by atoms with E-state index < -0.39 is 11.9 Å². The van der Waals surface area contributed by atoms with E-state index in [2.05, 4.69) is 63.7 Å². The monoisotopic (exact) mass is 558 g/mol. The first-order valence-electron chi connectivity index (χ1n) is 5.85. The zero-order valence-electron chi connectivity index (χ0n) is 10.9. The van der Waals surface area contributed by atoms with Crippen molar-refractivity contribution in [2.45, 2.75) is 12.8 Å². The van der Waals surface area contributed by atoms with Gasteiger partial charge in [-0.3, -0.25) is 0 Å². The van der Waals surface area contributed by atoms with Gasteiger partial charge in [-0.15, -0.1) is 0 Å². The molecular formula is C14H10Br4O4. The van der Waals surface area contributed by atoms with Gasteiger partial charge in [-0.25, -0.2) is 9.59 Å². The van der Waals surface area contributed by atoms with E-state index in [1.807, 2.05) is 24.3 Å². The first-order valence-corrected chi connectivity index (χ1v) is 9.02. The summed E-state index contributed by atoms with van der Waals surface area (Å²) in [6.07, 6.45) is 0.766. The Balaban J connectivity index is 3.11. The summed E-state index contributed by atoms with van der Waals surface area (Å²) in [7, 11) is 0. The van der Waals surface area contributed by atoms with Gasteiger partial charge >= 0.3 is 11.9 Å². The van der Waals surface area contributed by atoms with E-state index in [9.17, 15) is 9.59 Å². The largest absolute Gasteiger partial charge is 0.477 e. The Labute approximate surface area is 160 Å². The van der Waals surface area contributed by atoms with Crippen molar-refractivity contribution in [3.8, 4) is 0 Å². The third-order valence-electron chi connectivity index (χ3n) is 2.66. The second-order valence-corrected chi connectivity index (χ2v) is 7.67. The molecule has 1 aromatic carbocycles. The molecule has 118 valence electrons. The van der Waals surface area contributed by atoms with Gasteiger partial charge in [-0.1, -0.05) is 56.1 Å². The molecule has 1 aromatic rings. The number of benzene rings is 1. The van der Waals surface area contributed by atoms with Crippen molar-refractivity contribution in [1.82, 2.24) is 0 Å². The number of carbonyl (C=O) groups is 2. The van der Waals surface area contributed by atoms with Crippen LogP contribution in [0.4, 0.5) is 0 Å². The highest BCUT2D eigenvalue weighted by Gasteiger charge is 2.14. The van der Waals surface area contributed by atoms with Gasteiger partial charge in [-0.05, 0) is 43.0 Å². The van der Waals surface area contributed by atoms with Crippen molar-refractivity contribution in [2.24, 2.45) is 0 Å². The summed E-state index contributed by atoms with van der Waals surface area (Å²) >= 11 is 12.5. The summed E-state index contributed by atoms with van der Waals surface area (Å²) in [6.45, 7) is 0. The molecule has 0 fully saturated rings. The average molecular weight is 562 g/mol. The number of carboxylic acids is 2. The molecule has 1 rings (SSSR count). The van der Waals surface area contributed by atoms with Crippen LogP contribution in [0, 0.1) is 0 Å². The van der Waals surface area contributed by atoms with Gasteiger partial charge in [0.1, 0.15) is 8.96 Å². The summed E-state index contributed by atoms with van der Waals surface area (Å²) in [5, 5.41) is 17.9. The zero-order valence-corrected chi connectivity index (χ0v) is 17.3. The highest BCUT2D eigenvalue weighted by Crippen LogP contribution is 2.28.